The molecular weight excluding hydrogens is 316 g/mol. The Hall–Kier alpha value is -2.86. The molecule has 1 amide bonds. The first-order valence-electron chi connectivity index (χ1n) is 8.17. The number of hydrogen-bond acceptors (Lipinski definition) is 4. The molecule has 3 rings (SSSR count). The van der Waals surface area contributed by atoms with E-state index in [-0.39, 0.29) is 11.7 Å². The molecule has 6 heteroatoms. The lowest BCUT2D eigenvalue weighted by Crippen LogP contribution is -2.36. The van der Waals surface area contributed by atoms with Gasteiger partial charge in [0, 0.05) is 43.8 Å². The number of hydrogen-bond donors (Lipinski definition) is 1. The van der Waals surface area contributed by atoms with Gasteiger partial charge in [-0.15, -0.1) is 0 Å². The van der Waals surface area contributed by atoms with Crippen LogP contribution in [0.15, 0.2) is 55.0 Å². The van der Waals surface area contributed by atoms with Crippen molar-refractivity contribution in [3.63, 3.8) is 0 Å². The van der Waals surface area contributed by atoms with Crippen molar-refractivity contribution in [1.29, 1.82) is 0 Å². The van der Waals surface area contributed by atoms with Gasteiger partial charge in [0.1, 0.15) is 11.4 Å². The van der Waals surface area contributed by atoms with Gasteiger partial charge in [-0.1, -0.05) is 12.1 Å². The Labute approximate surface area is 146 Å². The van der Waals surface area contributed by atoms with Gasteiger partial charge in [0.2, 0.25) is 0 Å². The zero-order valence-electron chi connectivity index (χ0n) is 14.5. The number of imidazole rings is 1. The zero-order valence-corrected chi connectivity index (χ0v) is 14.5. The number of aromatic nitrogens is 2. The molecule has 6 nitrogen and oxygen atoms in total. The monoisotopic (exact) mass is 338 g/mol. The van der Waals surface area contributed by atoms with Gasteiger partial charge in [-0.05, 0) is 43.9 Å². The van der Waals surface area contributed by atoms with Crippen LogP contribution in [0.4, 0.5) is 0 Å². The number of fused-ring (bicyclic) bond motifs is 1. The van der Waals surface area contributed by atoms with Crippen molar-refractivity contribution in [2.75, 3.05) is 27.2 Å². The van der Waals surface area contributed by atoms with Crippen LogP contribution >= 0.6 is 0 Å². The smallest absolute Gasteiger partial charge is 0.254 e. The number of pyridine rings is 1. The summed E-state index contributed by atoms with van der Waals surface area (Å²) in [6.45, 7) is 1.80. The van der Waals surface area contributed by atoms with Gasteiger partial charge >= 0.3 is 0 Å². The maximum atomic E-state index is 13.0. The Morgan fingerprint density at radius 3 is 2.76 bits per heavy atom. The molecule has 2 aromatic heterocycles. The van der Waals surface area contributed by atoms with E-state index in [9.17, 15) is 9.90 Å². The average Bonchev–Trinajstić information content (AvgIpc) is 3.05. The van der Waals surface area contributed by atoms with Crippen LogP contribution in [-0.4, -0.2) is 57.4 Å². The van der Waals surface area contributed by atoms with E-state index in [1.165, 1.54) is 0 Å². The number of phenolic OH excluding ortho intramolecular Hbond substituents is 1. The van der Waals surface area contributed by atoms with E-state index in [2.05, 4.69) is 4.98 Å². The van der Waals surface area contributed by atoms with E-state index < -0.39 is 0 Å². The molecule has 0 radical (unpaired) electrons. The van der Waals surface area contributed by atoms with Crippen LogP contribution in [0.25, 0.3) is 5.65 Å². The van der Waals surface area contributed by atoms with Crippen molar-refractivity contribution in [3.05, 3.63) is 66.1 Å². The SMILES string of the molecule is CN(C)CCN(Cc1cccc(O)c1)C(=O)c1ccn2ccnc2c1. The second kappa shape index (κ2) is 7.36. The van der Waals surface area contributed by atoms with Gasteiger partial charge in [-0.25, -0.2) is 4.98 Å². The van der Waals surface area contributed by atoms with Crippen LogP contribution in [0.3, 0.4) is 0 Å². The number of amides is 1. The van der Waals surface area contributed by atoms with Crippen LogP contribution in [-0.2, 0) is 6.54 Å². The Bertz CT molecular complexity index is 872. The Balaban J connectivity index is 1.85. The lowest BCUT2D eigenvalue weighted by Gasteiger charge is -2.25. The van der Waals surface area contributed by atoms with Crippen molar-refractivity contribution < 1.29 is 9.90 Å². The van der Waals surface area contributed by atoms with Crippen LogP contribution < -0.4 is 0 Å². The van der Waals surface area contributed by atoms with Crippen molar-refractivity contribution in [2.24, 2.45) is 0 Å². The second-order valence-electron chi connectivity index (χ2n) is 6.31. The maximum Gasteiger partial charge on any atom is 0.254 e. The quantitative estimate of drug-likeness (QED) is 0.749. The second-order valence-corrected chi connectivity index (χ2v) is 6.31. The molecule has 130 valence electrons. The molecule has 0 atom stereocenters. The van der Waals surface area contributed by atoms with Crippen LogP contribution in [0.5, 0.6) is 5.75 Å². The van der Waals surface area contributed by atoms with E-state index in [0.717, 1.165) is 17.8 Å². The van der Waals surface area contributed by atoms with Gasteiger partial charge in [0.15, 0.2) is 0 Å². The van der Waals surface area contributed by atoms with E-state index >= 15 is 0 Å². The summed E-state index contributed by atoms with van der Waals surface area (Å²) in [5.74, 6) is 0.159. The number of rotatable bonds is 6. The van der Waals surface area contributed by atoms with Crippen molar-refractivity contribution in [3.8, 4) is 5.75 Å². The van der Waals surface area contributed by atoms with Crippen LogP contribution in [0, 0.1) is 0 Å². The minimum absolute atomic E-state index is 0.0457. The highest BCUT2D eigenvalue weighted by Gasteiger charge is 2.17. The summed E-state index contributed by atoms with van der Waals surface area (Å²) in [4.78, 5) is 21.1. The molecule has 0 unspecified atom stereocenters. The molecular formula is C19H22N4O2. The number of nitrogens with zero attached hydrogens (tertiary/aromatic N) is 4. The summed E-state index contributed by atoms with van der Waals surface area (Å²) in [6, 6.07) is 10.6. The number of phenols is 1. The topological polar surface area (TPSA) is 61.1 Å². The Morgan fingerprint density at radius 2 is 2.00 bits per heavy atom. The molecule has 0 spiro atoms. The summed E-state index contributed by atoms with van der Waals surface area (Å²) in [6.07, 6.45) is 5.40. The van der Waals surface area contributed by atoms with Gasteiger partial charge in [-0.2, -0.15) is 0 Å². The fourth-order valence-electron chi connectivity index (χ4n) is 2.67. The number of carbonyl (C=O) groups is 1. The van der Waals surface area contributed by atoms with Crippen LogP contribution in [0.1, 0.15) is 15.9 Å². The first-order valence-corrected chi connectivity index (χ1v) is 8.17. The maximum absolute atomic E-state index is 13.0. The summed E-state index contributed by atoms with van der Waals surface area (Å²) in [7, 11) is 3.96. The molecule has 0 fully saturated rings. The predicted molar refractivity (Wildman–Crippen MR) is 96.6 cm³/mol. The van der Waals surface area contributed by atoms with E-state index in [4.69, 9.17) is 0 Å². The third-order valence-electron chi connectivity index (χ3n) is 4.03. The van der Waals surface area contributed by atoms with Gasteiger partial charge in [0.05, 0.1) is 0 Å². The molecule has 1 aromatic carbocycles. The molecule has 0 saturated heterocycles. The first-order chi connectivity index (χ1) is 12.0. The lowest BCUT2D eigenvalue weighted by atomic mass is 10.1. The van der Waals surface area contributed by atoms with Crippen molar-refractivity contribution in [2.45, 2.75) is 6.54 Å². The summed E-state index contributed by atoms with van der Waals surface area (Å²) in [5.41, 5.74) is 2.25. The van der Waals surface area contributed by atoms with Crippen LogP contribution in [0.2, 0.25) is 0 Å². The minimum atomic E-state index is -0.0457. The average molecular weight is 338 g/mol. The Morgan fingerprint density at radius 1 is 1.16 bits per heavy atom. The molecule has 1 N–H and O–H groups in total. The number of likely N-dealkylation sites (N-methyl/N-ethyl adjacent to an activating group) is 1. The molecule has 25 heavy (non-hydrogen) atoms. The highest BCUT2D eigenvalue weighted by Crippen LogP contribution is 2.15. The van der Waals surface area contributed by atoms with E-state index in [0.29, 0.717) is 18.7 Å². The fraction of sp³-hybridized carbons (Fsp3) is 0.263. The Kier molecular flexibility index (Phi) is 5.00. The van der Waals surface area contributed by atoms with Gasteiger partial charge < -0.3 is 19.3 Å². The molecule has 0 aliphatic carbocycles. The molecule has 0 saturated carbocycles. The van der Waals surface area contributed by atoms with Crippen molar-refractivity contribution in [1.82, 2.24) is 19.2 Å². The van der Waals surface area contributed by atoms with Gasteiger partial charge in [-0.3, -0.25) is 4.79 Å². The summed E-state index contributed by atoms with van der Waals surface area (Å²) >= 11 is 0. The molecule has 2 heterocycles. The molecule has 0 aliphatic heterocycles. The first kappa shape index (κ1) is 17.0. The highest BCUT2D eigenvalue weighted by atomic mass is 16.3. The van der Waals surface area contributed by atoms with E-state index in [1.807, 2.05) is 47.9 Å². The minimum Gasteiger partial charge on any atom is -0.508 e. The number of aromatic hydroxyl groups is 1. The standard InChI is InChI=1S/C19H22N4O2/c1-21(2)10-11-23(14-15-4-3-5-17(24)12-15)19(25)16-6-8-22-9-7-20-18(22)13-16/h3-9,12-13,24H,10-11,14H2,1-2H3. The lowest BCUT2D eigenvalue weighted by molar-refractivity contribution is 0.0732. The van der Waals surface area contributed by atoms with E-state index in [1.54, 1.807) is 35.4 Å². The largest absolute Gasteiger partial charge is 0.508 e. The number of benzene rings is 1. The molecule has 0 aliphatic rings. The number of carbonyl (C=O) groups excluding carboxylic acids is 1. The summed E-state index contributed by atoms with van der Waals surface area (Å²) < 4.78 is 1.87. The third-order valence-corrected chi connectivity index (χ3v) is 4.03. The normalized spacial score (nSPS) is 11.2. The predicted octanol–water partition coefficient (Wildman–Crippen LogP) is 2.24. The summed E-state index contributed by atoms with van der Waals surface area (Å²) in [5, 5.41) is 9.67. The highest BCUT2D eigenvalue weighted by molar-refractivity contribution is 5.95. The molecule has 3 aromatic rings. The third kappa shape index (κ3) is 4.16. The van der Waals surface area contributed by atoms with Crippen molar-refractivity contribution >= 4 is 11.6 Å². The van der Waals surface area contributed by atoms with Gasteiger partial charge in [0.25, 0.3) is 5.91 Å². The zero-order chi connectivity index (χ0) is 17.8. The fourth-order valence-corrected chi connectivity index (χ4v) is 2.67. The molecule has 0 bridgehead atoms.